The molecular weight excluding hydrogens is 312 g/mol. The summed E-state index contributed by atoms with van der Waals surface area (Å²) in [5.74, 6) is 0.532. The molecule has 0 saturated carbocycles. The van der Waals surface area contributed by atoms with Gasteiger partial charge in [-0.2, -0.15) is 0 Å². The molecule has 3 rings (SSSR count). The van der Waals surface area contributed by atoms with Crippen molar-refractivity contribution >= 4 is 31.6 Å². The molecule has 0 aliphatic heterocycles. The number of rotatable bonds is 4. The van der Waals surface area contributed by atoms with Gasteiger partial charge in [-0.1, -0.05) is 11.3 Å². The lowest BCUT2D eigenvalue weighted by Gasteiger charge is -2.05. The Morgan fingerprint density at radius 1 is 1.33 bits per heavy atom. The van der Waals surface area contributed by atoms with Crippen molar-refractivity contribution in [2.75, 3.05) is 0 Å². The van der Waals surface area contributed by atoms with Crippen LogP contribution in [0.3, 0.4) is 0 Å². The standard InChI is InChI=1S/C13H12N2O4S2/c1-15-11-5-4-10(7-12(11)20-13(15)16)21(17,18)14-8-9-3-2-6-19-9/h2-7,14H,8H2,1H3. The molecule has 0 amide bonds. The number of sulfonamides is 1. The van der Waals surface area contributed by atoms with Gasteiger partial charge in [0.25, 0.3) is 0 Å². The topological polar surface area (TPSA) is 81.3 Å². The minimum Gasteiger partial charge on any atom is -0.468 e. The molecule has 0 fully saturated rings. The quantitative estimate of drug-likeness (QED) is 0.791. The number of aromatic nitrogens is 1. The van der Waals surface area contributed by atoms with Crippen molar-refractivity contribution in [2.24, 2.45) is 7.05 Å². The van der Waals surface area contributed by atoms with Crippen molar-refractivity contribution in [2.45, 2.75) is 11.4 Å². The molecule has 0 atom stereocenters. The second-order valence-electron chi connectivity index (χ2n) is 4.46. The molecule has 0 spiro atoms. The summed E-state index contributed by atoms with van der Waals surface area (Å²) in [7, 11) is -1.99. The first-order valence-electron chi connectivity index (χ1n) is 6.09. The molecule has 0 aliphatic rings. The second-order valence-corrected chi connectivity index (χ2v) is 7.22. The van der Waals surface area contributed by atoms with Crippen LogP contribution in [0.2, 0.25) is 0 Å². The van der Waals surface area contributed by atoms with Gasteiger partial charge in [0.2, 0.25) is 10.0 Å². The highest BCUT2D eigenvalue weighted by atomic mass is 32.2. The van der Waals surface area contributed by atoms with E-state index >= 15 is 0 Å². The lowest BCUT2D eigenvalue weighted by atomic mass is 10.3. The highest BCUT2D eigenvalue weighted by Crippen LogP contribution is 2.21. The average molecular weight is 324 g/mol. The summed E-state index contributed by atoms with van der Waals surface area (Å²) in [6.45, 7) is 0.0817. The fraction of sp³-hybridized carbons (Fsp3) is 0.154. The van der Waals surface area contributed by atoms with Gasteiger partial charge in [-0.05, 0) is 30.3 Å². The van der Waals surface area contributed by atoms with Gasteiger partial charge in [-0.3, -0.25) is 4.79 Å². The van der Waals surface area contributed by atoms with Crippen LogP contribution in [0.25, 0.3) is 10.2 Å². The van der Waals surface area contributed by atoms with Crippen LogP contribution in [-0.2, 0) is 23.6 Å². The predicted molar refractivity (Wildman–Crippen MR) is 79.8 cm³/mol. The van der Waals surface area contributed by atoms with E-state index in [-0.39, 0.29) is 16.3 Å². The molecule has 1 N–H and O–H groups in total. The third kappa shape index (κ3) is 2.65. The Kier molecular flexibility index (Phi) is 3.44. The lowest BCUT2D eigenvalue weighted by molar-refractivity contribution is 0.498. The van der Waals surface area contributed by atoms with Crippen molar-refractivity contribution in [3.63, 3.8) is 0 Å². The Bertz CT molecular complexity index is 936. The zero-order valence-corrected chi connectivity index (χ0v) is 12.7. The largest absolute Gasteiger partial charge is 0.468 e. The number of nitrogens with one attached hydrogen (secondary N) is 1. The molecule has 3 aromatic rings. The van der Waals surface area contributed by atoms with E-state index in [1.54, 1.807) is 25.2 Å². The lowest BCUT2D eigenvalue weighted by Crippen LogP contribution is -2.22. The van der Waals surface area contributed by atoms with Crippen LogP contribution in [0.5, 0.6) is 0 Å². The Morgan fingerprint density at radius 2 is 2.14 bits per heavy atom. The summed E-state index contributed by atoms with van der Waals surface area (Å²) in [6, 6.07) is 8.01. The number of thiazole rings is 1. The Morgan fingerprint density at radius 3 is 2.86 bits per heavy atom. The van der Waals surface area contributed by atoms with Crippen LogP contribution in [0.1, 0.15) is 5.76 Å². The SMILES string of the molecule is Cn1c(=O)sc2cc(S(=O)(=O)NCc3ccco3)ccc21. The zero-order chi connectivity index (χ0) is 15.0. The maximum atomic E-state index is 12.2. The van der Waals surface area contributed by atoms with Crippen molar-refractivity contribution < 1.29 is 12.8 Å². The molecule has 2 aromatic heterocycles. The molecule has 0 unspecified atom stereocenters. The molecule has 0 aliphatic carbocycles. The summed E-state index contributed by atoms with van der Waals surface area (Å²) in [5, 5.41) is 0. The predicted octanol–water partition coefficient (Wildman–Crippen LogP) is 1.67. The molecule has 0 radical (unpaired) electrons. The maximum Gasteiger partial charge on any atom is 0.307 e. The third-order valence-corrected chi connectivity index (χ3v) is 5.48. The van der Waals surface area contributed by atoms with Crippen molar-refractivity contribution in [1.82, 2.24) is 9.29 Å². The van der Waals surface area contributed by atoms with E-state index in [0.717, 1.165) is 16.9 Å². The molecule has 21 heavy (non-hydrogen) atoms. The van der Waals surface area contributed by atoms with E-state index in [1.807, 2.05) is 0 Å². The number of fused-ring (bicyclic) bond motifs is 1. The summed E-state index contributed by atoms with van der Waals surface area (Å²) >= 11 is 1.02. The summed E-state index contributed by atoms with van der Waals surface area (Å²) in [6.07, 6.45) is 1.48. The van der Waals surface area contributed by atoms with Crippen LogP contribution < -0.4 is 9.60 Å². The van der Waals surface area contributed by atoms with Gasteiger partial charge < -0.3 is 8.98 Å². The first-order valence-corrected chi connectivity index (χ1v) is 8.39. The maximum absolute atomic E-state index is 12.2. The summed E-state index contributed by atoms with van der Waals surface area (Å²) in [4.78, 5) is 11.6. The van der Waals surface area contributed by atoms with Crippen molar-refractivity contribution in [1.29, 1.82) is 0 Å². The molecule has 1 aromatic carbocycles. The first-order chi connectivity index (χ1) is 9.97. The molecule has 0 saturated heterocycles. The minimum atomic E-state index is -3.65. The van der Waals surface area contributed by atoms with Crippen LogP contribution in [0.15, 0.2) is 50.7 Å². The van der Waals surface area contributed by atoms with E-state index in [9.17, 15) is 13.2 Å². The average Bonchev–Trinajstić information content (AvgIpc) is 3.06. The number of nitrogens with zero attached hydrogens (tertiary/aromatic N) is 1. The van der Waals surface area contributed by atoms with Crippen LogP contribution >= 0.6 is 11.3 Å². The van der Waals surface area contributed by atoms with Gasteiger partial charge >= 0.3 is 4.87 Å². The Hall–Kier alpha value is -1.90. The van der Waals surface area contributed by atoms with Gasteiger partial charge in [0, 0.05) is 7.05 Å². The van der Waals surface area contributed by atoms with E-state index in [1.165, 1.54) is 23.0 Å². The number of aryl methyl sites for hydroxylation is 1. The normalized spacial score (nSPS) is 12.0. The molecule has 8 heteroatoms. The molecule has 110 valence electrons. The summed E-state index contributed by atoms with van der Waals surface area (Å²) < 4.78 is 34.1. The highest BCUT2D eigenvalue weighted by Gasteiger charge is 2.16. The molecule has 6 nitrogen and oxygen atoms in total. The van der Waals surface area contributed by atoms with Crippen LogP contribution in [0.4, 0.5) is 0 Å². The number of hydrogen-bond donors (Lipinski definition) is 1. The Labute approximate surface area is 124 Å². The van der Waals surface area contributed by atoms with Gasteiger partial charge in [0.15, 0.2) is 0 Å². The molecule has 2 heterocycles. The van der Waals surface area contributed by atoms with Gasteiger partial charge in [0.1, 0.15) is 5.76 Å². The third-order valence-electron chi connectivity index (χ3n) is 3.09. The van der Waals surface area contributed by atoms with Gasteiger partial charge in [-0.25, -0.2) is 13.1 Å². The smallest absolute Gasteiger partial charge is 0.307 e. The second kappa shape index (κ2) is 5.14. The van der Waals surface area contributed by atoms with E-state index < -0.39 is 10.0 Å². The van der Waals surface area contributed by atoms with E-state index in [0.29, 0.717) is 10.5 Å². The Balaban J connectivity index is 1.93. The first kappa shape index (κ1) is 14.1. The number of benzene rings is 1. The van der Waals surface area contributed by atoms with Crippen molar-refractivity contribution in [3.8, 4) is 0 Å². The number of hydrogen-bond acceptors (Lipinski definition) is 5. The van der Waals surface area contributed by atoms with Gasteiger partial charge in [0.05, 0.1) is 27.9 Å². The van der Waals surface area contributed by atoms with Crippen molar-refractivity contribution in [3.05, 3.63) is 52.0 Å². The zero-order valence-electron chi connectivity index (χ0n) is 11.1. The molecular formula is C13H12N2O4S2. The highest BCUT2D eigenvalue weighted by molar-refractivity contribution is 7.89. The fourth-order valence-electron chi connectivity index (χ4n) is 1.94. The monoisotopic (exact) mass is 324 g/mol. The minimum absolute atomic E-state index is 0.0817. The number of furan rings is 1. The molecule has 0 bridgehead atoms. The van der Waals surface area contributed by atoms with E-state index in [2.05, 4.69) is 4.72 Å². The summed E-state index contributed by atoms with van der Waals surface area (Å²) in [5.41, 5.74) is 0.718. The van der Waals surface area contributed by atoms with E-state index in [4.69, 9.17) is 4.42 Å². The van der Waals surface area contributed by atoms with Gasteiger partial charge in [-0.15, -0.1) is 0 Å². The van der Waals surface area contributed by atoms with Crippen LogP contribution in [0, 0.1) is 0 Å². The fourth-order valence-corrected chi connectivity index (χ4v) is 3.96. The van der Waals surface area contributed by atoms with Crippen LogP contribution in [-0.4, -0.2) is 13.0 Å².